The van der Waals surface area contributed by atoms with Gasteiger partial charge in [-0.25, -0.2) is 0 Å². The van der Waals surface area contributed by atoms with E-state index < -0.39 is 6.04 Å². The van der Waals surface area contributed by atoms with Crippen LogP contribution in [-0.4, -0.2) is 28.7 Å². The van der Waals surface area contributed by atoms with Crippen molar-refractivity contribution in [1.29, 1.82) is 0 Å². The second-order valence-electron chi connectivity index (χ2n) is 9.55. The van der Waals surface area contributed by atoms with Crippen LogP contribution in [0.2, 0.25) is 0 Å². The highest BCUT2D eigenvalue weighted by Crippen LogP contribution is 2.53. The van der Waals surface area contributed by atoms with Crippen molar-refractivity contribution in [2.75, 3.05) is 5.32 Å². The number of aryl methyl sites for hydroxylation is 2. The summed E-state index contributed by atoms with van der Waals surface area (Å²) in [5, 5.41) is 3.13. The third kappa shape index (κ3) is 3.82. The molecule has 1 saturated heterocycles. The maximum atomic E-state index is 13.8. The minimum absolute atomic E-state index is 0.113. The summed E-state index contributed by atoms with van der Waals surface area (Å²) in [6, 6.07) is 12.8. The number of fused-ring (bicyclic) bond motifs is 5. The molecule has 2 aromatic carbocycles. The van der Waals surface area contributed by atoms with Crippen LogP contribution in [0, 0.1) is 23.7 Å². The molecular weight excluding hydrogens is 492 g/mol. The molecule has 5 rings (SSSR count). The van der Waals surface area contributed by atoms with E-state index in [9.17, 15) is 14.4 Å². The summed E-state index contributed by atoms with van der Waals surface area (Å²) < 4.78 is 0.973. The number of nitrogens with one attached hydrogen (secondary N) is 1. The van der Waals surface area contributed by atoms with Crippen LogP contribution < -0.4 is 5.32 Å². The molecule has 2 bridgehead atoms. The van der Waals surface area contributed by atoms with Crippen molar-refractivity contribution in [3.63, 3.8) is 0 Å². The Kier molecular flexibility index (Phi) is 6.19. The van der Waals surface area contributed by atoms with Gasteiger partial charge in [-0.2, -0.15) is 0 Å². The number of carbonyl (C=O) groups is 3. The number of hydrogen-bond acceptors (Lipinski definition) is 3. The van der Waals surface area contributed by atoms with Gasteiger partial charge in [0.2, 0.25) is 17.7 Å². The topological polar surface area (TPSA) is 66.5 Å². The fourth-order valence-electron chi connectivity index (χ4n) is 6.02. The van der Waals surface area contributed by atoms with E-state index in [2.05, 4.69) is 47.2 Å². The summed E-state index contributed by atoms with van der Waals surface area (Å²) in [6.45, 7) is 4.10. The number of halogens is 1. The lowest BCUT2D eigenvalue weighted by molar-refractivity contribution is -0.147. The monoisotopic (exact) mass is 520 g/mol. The fraction of sp³-hybridized carbons (Fsp3) is 0.393. The van der Waals surface area contributed by atoms with Crippen LogP contribution in [0.1, 0.15) is 37.0 Å². The predicted molar refractivity (Wildman–Crippen MR) is 135 cm³/mol. The van der Waals surface area contributed by atoms with E-state index in [4.69, 9.17) is 0 Å². The lowest BCUT2D eigenvalue weighted by atomic mass is 9.85. The molecule has 0 spiro atoms. The molecule has 1 heterocycles. The van der Waals surface area contributed by atoms with E-state index in [-0.39, 0.29) is 41.4 Å². The first-order valence-electron chi connectivity index (χ1n) is 12.1. The summed E-state index contributed by atoms with van der Waals surface area (Å²) in [4.78, 5) is 42.2. The van der Waals surface area contributed by atoms with E-state index in [1.54, 1.807) is 0 Å². The van der Waals surface area contributed by atoms with Crippen LogP contribution in [0.4, 0.5) is 5.69 Å². The van der Waals surface area contributed by atoms with Crippen molar-refractivity contribution in [2.24, 2.45) is 23.7 Å². The second-order valence-corrected chi connectivity index (χ2v) is 10.5. The summed E-state index contributed by atoms with van der Waals surface area (Å²) in [5.74, 6) is -1.10. The molecule has 34 heavy (non-hydrogen) atoms. The zero-order valence-corrected chi connectivity index (χ0v) is 21.0. The minimum Gasteiger partial charge on any atom is -0.324 e. The maximum absolute atomic E-state index is 13.8. The predicted octanol–water partition coefficient (Wildman–Crippen LogP) is 4.93. The molecule has 1 saturated carbocycles. The van der Waals surface area contributed by atoms with Gasteiger partial charge < -0.3 is 5.32 Å². The number of allylic oxidation sites excluding steroid dienone is 2. The summed E-state index contributed by atoms with van der Waals surface area (Å²) in [7, 11) is 0. The van der Waals surface area contributed by atoms with Gasteiger partial charge >= 0.3 is 0 Å². The average Bonchev–Trinajstić information content (AvgIpc) is 3.53. The number of imide groups is 1. The Morgan fingerprint density at radius 1 is 1.00 bits per heavy atom. The second kappa shape index (κ2) is 9.14. The Morgan fingerprint density at radius 2 is 1.56 bits per heavy atom. The Hall–Kier alpha value is -2.73. The summed E-state index contributed by atoms with van der Waals surface area (Å²) in [6.07, 6.45) is 6.84. The Labute approximate surface area is 208 Å². The molecule has 2 fully saturated rings. The van der Waals surface area contributed by atoms with Crippen LogP contribution in [0.3, 0.4) is 0 Å². The minimum atomic E-state index is -0.884. The molecule has 0 unspecified atom stereocenters. The van der Waals surface area contributed by atoms with Gasteiger partial charge in [0, 0.05) is 16.6 Å². The van der Waals surface area contributed by atoms with Gasteiger partial charge in [0.15, 0.2) is 0 Å². The lowest BCUT2D eigenvalue weighted by Gasteiger charge is -2.28. The van der Waals surface area contributed by atoms with Gasteiger partial charge in [-0.3, -0.25) is 19.3 Å². The molecule has 2 aliphatic carbocycles. The molecule has 0 aromatic heterocycles. The molecule has 176 valence electrons. The number of likely N-dealkylation sites (tertiary alicyclic amines) is 1. The lowest BCUT2D eigenvalue weighted by Crippen LogP contribution is -2.49. The van der Waals surface area contributed by atoms with Crippen molar-refractivity contribution in [3.8, 4) is 0 Å². The molecule has 3 aliphatic rings. The Bertz CT molecular complexity index is 1120. The number of carbonyl (C=O) groups excluding carboxylic acids is 3. The van der Waals surface area contributed by atoms with Crippen LogP contribution in [0.25, 0.3) is 0 Å². The first-order valence-corrected chi connectivity index (χ1v) is 12.9. The standard InChI is InChI=1S/C28H29BrN2O3/c1-3-17-14-21(29)15-18(4-2)25(17)30-26(32)22(12-16-8-6-5-7-9-16)31-27(33)23-19-10-11-20(13-19)24(23)28(31)34/h5-11,14-15,19-20,22-24H,3-4,12-13H2,1-2H3,(H,30,32)/t19-,20-,22-,23-,24-/m0/s1. The number of benzene rings is 2. The van der Waals surface area contributed by atoms with Gasteiger partial charge in [-0.15, -0.1) is 0 Å². The fourth-order valence-corrected chi connectivity index (χ4v) is 6.57. The highest BCUT2D eigenvalue weighted by atomic mass is 79.9. The van der Waals surface area contributed by atoms with Gasteiger partial charge in [0.1, 0.15) is 6.04 Å². The molecule has 0 radical (unpaired) electrons. The maximum Gasteiger partial charge on any atom is 0.248 e. The molecule has 6 heteroatoms. The van der Waals surface area contributed by atoms with Crippen molar-refractivity contribution in [1.82, 2.24) is 4.90 Å². The first kappa shape index (κ1) is 23.0. The summed E-state index contributed by atoms with van der Waals surface area (Å²) >= 11 is 3.57. The zero-order valence-electron chi connectivity index (χ0n) is 19.5. The Morgan fingerprint density at radius 3 is 2.09 bits per heavy atom. The number of rotatable bonds is 7. The number of anilines is 1. The van der Waals surface area contributed by atoms with Crippen molar-refractivity contribution in [3.05, 3.63) is 75.8 Å². The van der Waals surface area contributed by atoms with Crippen LogP contribution in [-0.2, 0) is 33.6 Å². The quantitative estimate of drug-likeness (QED) is 0.415. The molecule has 5 atom stereocenters. The highest BCUT2D eigenvalue weighted by molar-refractivity contribution is 9.10. The Balaban J connectivity index is 1.50. The van der Waals surface area contributed by atoms with Gasteiger partial charge in [0.05, 0.1) is 11.8 Å². The van der Waals surface area contributed by atoms with E-state index in [1.807, 2.05) is 42.5 Å². The largest absolute Gasteiger partial charge is 0.324 e. The SMILES string of the molecule is CCc1cc(Br)cc(CC)c1NC(=O)[C@H](Cc1ccccc1)N1C(=O)[C@@H]2[C@@H](C1=O)[C@H]1C=C[C@H]2C1. The van der Waals surface area contributed by atoms with Gasteiger partial charge in [-0.1, -0.05) is 72.3 Å². The number of hydrogen-bond donors (Lipinski definition) is 1. The van der Waals surface area contributed by atoms with Crippen LogP contribution in [0.15, 0.2) is 59.1 Å². The smallest absolute Gasteiger partial charge is 0.248 e. The molecule has 5 nitrogen and oxygen atoms in total. The van der Waals surface area contributed by atoms with E-state index >= 15 is 0 Å². The van der Waals surface area contributed by atoms with Crippen molar-refractivity contribution < 1.29 is 14.4 Å². The highest BCUT2D eigenvalue weighted by Gasteiger charge is 2.61. The third-order valence-electron chi connectivity index (χ3n) is 7.67. The number of amides is 3. The van der Waals surface area contributed by atoms with Crippen molar-refractivity contribution in [2.45, 2.75) is 45.6 Å². The molecule has 1 aliphatic heterocycles. The van der Waals surface area contributed by atoms with E-state index in [0.29, 0.717) is 6.42 Å². The first-order chi connectivity index (χ1) is 16.4. The third-order valence-corrected chi connectivity index (χ3v) is 8.12. The molecule has 3 amide bonds. The normalized spacial score (nSPS) is 25.7. The summed E-state index contributed by atoms with van der Waals surface area (Å²) in [5.41, 5.74) is 3.76. The van der Waals surface area contributed by atoms with Crippen LogP contribution in [0.5, 0.6) is 0 Å². The zero-order chi connectivity index (χ0) is 24.0. The van der Waals surface area contributed by atoms with E-state index in [1.165, 1.54) is 4.90 Å². The molecular formula is C28H29BrN2O3. The molecule has 1 N–H and O–H groups in total. The van der Waals surface area contributed by atoms with Gasteiger partial charge in [-0.05, 0) is 59.9 Å². The van der Waals surface area contributed by atoms with E-state index in [0.717, 1.165) is 46.1 Å². The average molecular weight is 521 g/mol. The molecule has 2 aromatic rings. The van der Waals surface area contributed by atoms with Crippen LogP contribution >= 0.6 is 15.9 Å². The van der Waals surface area contributed by atoms with Gasteiger partial charge in [0.25, 0.3) is 0 Å². The number of nitrogens with zero attached hydrogens (tertiary/aromatic N) is 1. The van der Waals surface area contributed by atoms with Crippen molar-refractivity contribution >= 4 is 39.3 Å².